The summed E-state index contributed by atoms with van der Waals surface area (Å²) in [7, 11) is 0. The van der Waals surface area contributed by atoms with Crippen molar-refractivity contribution in [1.29, 1.82) is 0 Å². The number of halogens is 1. The number of benzene rings is 1. The highest BCUT2D eigenvalue weighted by Crippen LogP contribution is 2.08. The van der Waals surface area contributed by atoms with Gasteiger partial charge < -0.3 is 10.5 Å². The fraction of sp³-hybridized carbons (Fsp3) is 0.0909. The molecule has 0 fully saturated rings. The highest BCUT2D eigenvalue weighted by atomic mass is 19.1. The maximum atomic E-state index is 12.6. The van der Waals surface area contributed by atoms with Crippen LogP contribution in [0.15, 0.2) is 36.5 Å². The van der Waals surface area contributed by atoms with Crippen molar-refractivity contribution in [3.63, 3.8) is 0 Å². The van der Waals surface area contributed by atoms with Crippen molar-refractivity contribution in [2.24, 2.45) is 0 Å². The van der Waals surface area contributed by atoms with Gasteiger partial charge in [0.15, 0.2) is 0 Å². The van der Waals surface area contributed by atoms with Crippen LogP contribution in [-0.4, -0.2) is 9.97 Å². The van der Waals surface area contributed by atoms with E-state index in [-0.39, 0.29) is 18.4 Å². The van der Waals surface area contributed by atoms with Crippen LogP contribution >= 0.6 is 0 Å². The van der Waals surface area contributed by atoms with E-state index in [1.807, 2.05) is 0 Å². The molecule has 0 aliphatic carbocycles. The van der Waals surface area contributed by atoms with E-state index in [1.165, 1.54) is 18.3 Å². The van der Waals surface area contributed by atoms with Gasteiger partial charge in [0.2, 0.25) is 0 Å². The van der Waals surface area contributed by atoms with Gasteiger partial charge in [-0.05, 0) is 23.8 Å². The number of nitrogen functional groups attached to an aromatic ring is 1. The number of ether oxygens (including phenoxy) is 1. The van der Waals surface area contributed by atoms with Gasteiger partial charge in [-0.1, -0.05) is 12.1 Å². The van der Waals surface area contributed by atoms with Crippen molar-refractivity contribution in [3.8, 4) is 6.01 Å². The second-order valence-corrected chi connectivity index (χ2v) is 3.18. The monoisotopic (exact) mass is 219 g/mol. The molecular weight excluding hydrogens is 209 g/mol. The van der Waals surface area contributed by atoms with Gasteiger partial charge in [0, 0.05) is 6.20 Å². The number of aromatic nitrogens is 2. The molecule has 2 N–H and O–H groups in total. The smallest absolute Gasteiger partial charge is 0.318 e. The zero-order valence-electron chi connectivity index (χ0n) is 8.43. The van der Waals surface area contributed by atoms with E-state index in [9.17, 15) is 4.39 Å². The quantitative estimate of drug-likeness (QED) is 0.854. The minimum Gasteiger partial charge on any atom is -0.459 e. The van der Waals surface area contributed by atoms with Crippen LogP contribution in [-0.2, 0) is 6.61 Å². The van der Waals surface area contributed by atoms with Crippen molar-refractivity contribution >= 4 is 5.82 Å². The molecule has 1 aromatic heterocycles. The van der Waals surface area contributed by atoms with Crippen LogP contribution in [0.1, 0.15) is 5.56 Å². The molecule has 0 spiro atoms. The first-order valence-corrected chi connectivity index (χ1v) is 4.70. The van der Waals surface area contributed by atoms with Gasteiger partial charge in [0.1, 0.15) is 18.2 Å². The van der Waals surface area contributed by atoms with Crippen molar-refractivity contribution in [2.45, 2.75) is 6.61 Å². The Morgan fingerprint density at radius 3 is 2.62 bits per heavy atom. The van der Waals surface area contributed by atoms with Crippen molar-refractivity contribution in [3.05, 3.63) is 47.9 Å². The Balaban J connectivity index is 1.99. The zero-order chi connectivity index (χ0) is 11.4. The summed E-state index contributed by atoms with van der Waals surface area (Å²) in [5, 5.41) is 0. The van der Waals surface area contributed by atoms with Gasteiger partial charge >= 0.3 is 6.01 Å². The fourth-order valence-electron chi connectivity index (χ4n) is 1.15. The molecule has 1 aromatic carbocycles. The Morgan fingerprint density at radius 1 is 1.19 bits per heavy atom. The van der Waals surface area contributed by atoms with Crippen LogP contribution in [0.3, 0.4) is 0 Å². The van der Waals surface area contributed by atoms with E-state index in [0.717, 1.165) is 5.56 Å². The van der Waals surface area contributed by atoms with Crippen LogP contribution < -0.4 is 10.5 Å². The first-order valence-electron chi connectivity index (χ1n) is 4.70. The maximum absolute atomic E-state index is 12.6. The Kier molecular flexibility index (Phi) is 2.95. The van der Waals surface area contributed by atoms with Gasteiger partial charge in [-0.2, -0.15) is 4.98 Å². The summed E-state index contributed by atoms with van der Waals surface area (Å²) >= 11 is 0. The van der Waals surface area contributed by atoms with Crippen molar-refractivity contribution in [1.82, 2.24) is 9.97 Å². The van der Waals surface area contributed by atoms with Crippen molar-refractivity contribution in [2.75, 3.05) is 5.73 Å². The molecule has 0 unspecified atom stereocenters. The van der Waals surface area contributed by atoms with E-state index >= 15 is 0 Å². The number of hydrogen-bond donors (Lipinski definition) is 1. The lowest BCUT2D eigenvalue weighted by Gasteiger charge is -2.04. The van der Waals surface area contributed by atoms with Crippen LogP contribution in [0, 0.1) is 5.82 Å². The molecule has 0 bridgehead atoms. The summed E-state index contributed by atoms with van der Waals surface area (Å²) in [5.74, 6) is 0.0769. The number of anilines is 1. The largest absolute Gasteiger partial charge is 0.459 e. The van der Waals surface area contributed by atoms with Gasteiger partial charge in [0.05, 0.1) is 0 Å². The molecule has 0 radical (unpaired) electrons. The minimum absolute atomic E-state index is 0.212. The van der Waals surface area contributed by atoms with Crippen LogP contribution in [0.4, 0.5) is 10.2 Å². The average molecular weight is 219 g/mol. The topological polar surface area (TPSA) is 61.0 Å². The van der Waals surface area contributed by atoms with Gasteiger partial charge in [-0.15, -0.1) is 0 Å². The van der Waals surface area contributed by atoms with E-state index in [0.29, 0.717) is 5.82 Å². The molecule has 5 heteroatoms. The summed E-state index contributed by atoms with van der Waals surface area (Å²) in [6.07, 6.45) is 1.52. The molecule has 0 saturated heterocycles. The molecule has 82 valence electrons. The third-order valence-corrected chi connectivity index (χ3v) is 1.94. The lowest BCUT2D eigenvalue weighted by atomic mass is 10.2. The summed E-state index contributed by atoms with van der Waals surface area (Å²) in [5.41, 5.74) is 6.31. The third-order valence-electron chi connectivity index (χ3n) is 1.94. The summed E-state index contributed by atoms with van der Waals surface area (Å²) in [6, 6.07) is 7.82. The molecular formula is C11H10FN3O. The van der Waals surface area contributed by atoms with E-state index in [4.69, 9.17) is 10.5 Å². The van der Waals surface area contributed by atoms with E-state index in [1.54, 1.807) is 18.2 Å². The number of nitrogens with two attached hydrogens (primary N) is 1. The second kappa shape index (κ2) is 4.57. The first-order chi connectivity index (χ1) is 7.74. The normalized spacial score (nSPS) is 10.1. The van der Waals surface area contributed by atoms with Crippen LogP contribution in [0.25, 0.3) is 0 Å². The van der Waals surface area contributed by atoms with Gasteiger partial charge in [-0.3, -0.25) is 0 Å². The SMILES string of the molecule is Nc1ccnc(OCc2ccc(F)cc2)n1. The molecule has 0 aliphatic rings. The molecule has 1 heterocycles. The van der Waals surface area contributed by atoms with Crippen LogP contribution in [0.5, 0.6) is 6.01 Å². The molecule has 2 rings (SSSR count). The second-order valence-electron chi connectivity index (χ2n) is 3.18. The summed E-state index contributed by atoms with van der Waals surface area (Å²) in [6.45, 7) is 0.281. The minimum atomic E-state index is -0.274. The first kappa shape index (κ1) is 10.4. The lowest BCUT2D eigenvalue weighted by molar-refractivity contribution is 0.281. The Morgan fingerprint density at radius 2 is 1.94 bits per heavy atom. The molecule has 0 aliphatic heterocycles. The summed E-state index contributed by atoms with van der Waals surface area (Å²) < 4.78 is 17.9. The Labute approximate surface area is 91.9 Å². The molecule has 16 heavy (non-hydrogen) atoms. The van der Waals surface area contributed by atoms with Crippen molar-refractivity contribution < 1.29 is 9.13 Å². The fourth-order valence-corrected chi connectivity index (χ4v) is 1.15. The van der Waals surface area contributed by atoms with E-state index < -0.39 is 0 Å². The average Bonchev–Trinajstić information content (AvgIpc) is 2.28. The van der Waals surface area contributed by atoms with Gasteiger partial charge in [0.25, 0.3) is 0 Å². The summed E-state index contributed by atoms with van der Waals surface area (Å²) in [4.78, 5) is 7.76. The predicted molar refractivity (Wildman–Crippen MR) is 57.2 cm³/mol. The van der Waals surface area contributed by atoms with Gasteiger partial charge in [-0.25, -0.2) is 9.37 Å². The predicted octanol–water partition coefficient (Wildman–Crippen LogP) is 1.78. The Hall–Kier alpha value is -2.17. The molecule has 4 nitrogen and oxygen atoms in total. The number of nitrogens with zero attached hydrogens (tertiary/aromatic N) is 2. The zero-order valence-corrected chi connectivity index (χ0v) is 8.43. The third kappa shape index (κ3) is 2.66. The van der Waals surface area contributed by atoms with Crippen LogP contribution in [0.2, 0.25) is 0 Å². The standard InChI is InChI=1S/C11H10FN3O/c12-9-3-1-8(2-4-9)7-16-11-14-6-5-10(13)15-11/h1-6H,7H2,(H2,13,14,15). The molecule has 0 saturated carbocycles. The van der Waals surface area contributed by atoms with E-state index in [2.05, 4.69) is 9.97 Å². The number of hydrogen-bond acceptors (Lipinski definition) is 4. The molecule has 0 atom stereocenters. The maximum Gasteiger partial charge on any atom is 0.318 e. The lowest BCUT2D eigenvalue weighted by Crippen LogP contribution is -2.01. The molecule has 2 aromatic rings. The number of rotatable bonds is 3. The Bertz CT molecular complexity index is 473. The highest BCUT2D eigenvalue weighted by molar-refractivity contribution is 5.26. The highest BCUT2D eigenvalue weighted by Gasteiger charge is 1.99. The molecule has 0 amide bonds.